The fraction of sp³-hybridized carbons (Fsp3) is 0.350. The number of nitrogens with zero attached hydrogens (tertiary/aromatic N) is 4. The number of sulfonamides is 1. The number of rotatable bonds is 7. The van der Waals surface area contributed by atoms with Gasteiger partial charge in [0.15, 0.2) is 0 Å². The van der Waals surface area contributed by atoms with E-state index < -0.39 is 15.9 Å². The average molecular weight is 414 g/mol. The highest BCUT2D eigenvalue weighted by molar-refractivity contribution is 7.89. The first-order chi connectivity index (χ1) is 13.8. The number of amides is 1. The van der Waals surface area contributed by atoms with E-state index >= 15 is 0 Å². The van der Waals surface area contributed by atoms with Gasteiger partial charge in [-0.15, -0.1) is 0 Å². The molecule has 1 unspecified atom stereocenters. The zero-order valence-electron chi connectivity index (χ0n) is 16.6. The fourth-order valence-corrected chi connectivity index (χ4v) is 4.63. The Bertz CT molecular complexity index is 1060. The van der Waals surface area contributed by atoms with Gasteiger partial charge in [0.1, 0.15) is 10.8 Å². The smallest absolute Gasteiger partial charge is 0.244 e. The quantitative estimate of drug-likeness (QED) is 0.739. The van der Waals surface area contributed by atoms with Crippen molar-refractivity contribution in [3.05, 3.63) is 53.3 Å². The molecule has 0 radical (unpaired) electrons. The van der Waals surface area contributed by atoms with Crippen LogP contribution in [0.5, 0.6) is 0 Å². The molecule has 0 aliphatic carbocycles. The van der Waals surface area contributed by atoms with Crippen molar-refractivity contribution in [2.75, 3.05) is 39.0 Å². The van der Waals surface area contributed by atoms with Crippen LogP contribution in [0.1, 0.15) is 29.7 Å². The molecule has 1 atom stereocenters. The largest absolute Gasteiger partial charge is 0.325 e. The maximum absolute atomic E-state index is 12.9. The van der Waals surface area contributed by atoms with Gasteiger partial charge in [0, 0.05) is 31.5 Å². The lowest BCUT2D eigenvalue weighted by atomic mass is 9.95. The monoisotopic (exact) mass is 413 g/mol. The van der Waals surface area contributed by atoms with Crippen LogP contribution < -0.4 is 5.32 Å². The molecule has 1 N–H and O–H groups in total. The maximum Gasteiger partial charge on any atom is 0.244 e. The highest BCUT2D eigenvalue weighted by atomic mass is 32.2. The molecular formula is C20H23N5O3S. The van der Waals surface area contributed by atoms with E-state index in [0.29, 0.717) is 42.1 Å². The van der Waals surface area contributed by atoms with Gasteiger partial charge in [-0.1, -0.05) is 6.92 Å². The number of carbonyl (C=O) groups is 1. The predicted octanol–water partition coefficient (Wildman–Crippen LogP) is 1.61. The summed E-state index contributed by atoms with van der Waals surface area (Å²) in [5.41, 5.74) is 2.19. The van der Waals surface area contributed by atoms with E-state index in [1.165, 1.54) is 16.6 Å². The second kappa shape index (κ2) is 8.29. The summed E-state index contributed by atoms with van der Waals surface area (Å²) in [5, 5.41) is 11.9. The number of nitrogens with one attached hydrogen (secondary N) is 1. The highest BCUT2D eigenvalue weighted by Gasteiger charge is 2.33. The molecule has 1 amide bonds. The summed E-state index contributed by atoms with van der Waals surface area (Å²) in [6.07, 6.45) is 1.29. The first-order valence-electron chi connectivity index (χ1n) is 9.23. The van der Waals surface area contributed by atoms with E-state index in [2.05, 4.69) is 16.4 Å². The summed E-state index contributed by atoms with van der Waals surface area (Å²) < 4.78 is 27.2. The lowest BCUT2D eigenvalue weighted by Gasteiger charge is -2.22. The topological polar surface area (TPSA) is 106 Å². The van der Waals surface area contributed by atoms with Crippen LogP contribution in [0.4, 0.5) is 5.69 Å². The Labute approximate surface area is 170 Å². The van der Waals surface area contributed by atoms with Crippen molar-refractivity contribution < 1.29 is 13.2 Å². The summed E-state index contributed by atoms with van der Waals surface area (Å²) in [7, 11) is 0.105. The number of anilines is 1. The molecule has 1 aliphatic rings. The van der Waals surface area contributed by atoms with E-state index in [1.54, 1.807) is 31.2 Å². The average Bonchev–Trinajstić information content (AvgIpc) is 3.02. The Balaban J connectivity index is 1.90. The van der Waals surface area contributed by atoms with Crippen LogP contribution in [0, 0.1) is 11.3 Å². The molecular weight excluding hydrogens is 390 g/mol. The van der Waals surface area contributed by atoms with E-state index in [4.69, 9.17) is 5.26 Å². The number of hydrogen-bond donors (Lipinski definition) is 1. The van der Waals surface area contributed by atoms with E-state index in [1.807, 2.05) is 19.0 Å². The van der Waals surface area contributed by atoms with Crippen LogP contribution >= 0.6 is 0 Å². The van der Waals surface area contributed by atoms with Gasteiger partial charge in [-0.05, 0) is 50.0 Å². The Hall–Kier alpha value is -2.80. The van der Waals surface area contributed by atoms with Gasteiger partial charge in [-0.3, -0.25) is 9.78 Å². The second-order valence-electron chi connectivity index (χ2n) is 7.05. The first-order valence-corrected chi connectivity index (χ1v) is 10.7. The third-order valence-corrected chi connectivity index (χ3v) is 6.81. The van der Waals surface area contributed by atoms with Crippen LogP contribution in [0.2, 0.25) is 0 Å². The summed E-state index contributed by atoms with van der Waals surface area (Å²) in [6, 6.07) is 10.1. The van der Waals surface area contributed by atoms with E-state index in [-0.39, 0.29) is 10.8 Å². The molecule has 2 aromatic rings. The minimum atomic E-state index is -3.67. The summed E-state index contributed by atoms with van der Waals surface area (Å²) in [4.78, 5) is 18.7. The molecule has 1 aromatic carbocycles. The van der Waals surface area contributed by atoms with Gasteiger partial charge in [0.2, 0.25) is 15.9 Å². The third kappa shape index (κ3) is 4.15. The van der Waals surface area contributed by atoms with E-state index in [9.17, 15) is 13.2 Å². The second-order valence-corrected chi connectivity index (χ2v) is 8.99. The molecule has 1 aliphatic heterocycles. The molecule has 0 spiro atoms. The number of likely N-dealkylation sites (N-methyl/N-ethyl adjacent to an activating group) is 2. The lowest BCUT2D eigenvalue weighted by Crippen LogP contribution is -2.36. The van der Waals surface area contributed by atoms with Gasteiger partial charge < -0.3 is 10.2 Å². The van der Waals surface area contributed by atoms with Crippen molar-refractivity contribution in [1.82, 2.24) is 14.2 Å². The Morgan fingerprint density at radius 3 is 2.55 bits per heavy atom. The first kappa shape index (κ1) is 20.9. The molecule has 0 saturated carbocycles. The van der Waals surface area contributed by atoms with Crippen LogP contribution in [-0.4, -0.2) is 62.2 Å². The standard InChI is InChI=1S/C20H23N5O3S/c1-4-25(10-9-24(2)3)29(27,28)15-6-8-18(22-13-15)19-16-11-14(12-21)5-7-17(16)23-20(19)26/h5-8,11,13,19H,4,9-10H2,1-3H3,(H,23,26). The van der Waals surface area contributed by atoms with Crippen LogP contribution in [0.15, 0.2) is 41.4 Å². The number of aromatic nitrogens is 1. The van der Waals surface area contributed by atoms with Crippen molar-refractivity contribution in [3.63, 3.8) is 0 Å². The predicted molar refractivity (Wildman–Crippen MR) is 109 cm³/mol. The van der Waals surface area contributed by atoms with Crippen molar-refractivity contribution >= 4 is 21.6 Å². The molecule has 0 fully saturated rings. The number of nitriles is 1. The van der Waals surface area contributed by atoms with Gasteiger partial charge in [0.05, 0.1) is 17.3 Å². The Morgan fingerprint density at radius 1 is 1.21 bits per heavy atom. The van der Waals surface area contributed by atoms with Crippen LogP contribution in [-0.2, 0) is 14.8 Å². The normalized spacial score (nSPS) is 16.0. The number of carbonyl (C=O) groups excluding carboxylic acids is 1. The number of fused-ring (bicyclic) bond motifs is 1. The number of benzene rings is 1. The van der Waals surface area contributed by atoms with Crippen LogP contribution in [0.3, 0.4) is 0 Å². The fourth-order valence-electron chi connectivity index (χ4n) is 3.25. The lowest BCUT2D eigenvalue weighted by molar-refractivity contribution is -0.116. The van der Waals surface area contributed by atoms with Crippen molar-refractivity contribution in [2.24, 2.45) is 0 Å². The Kier molecular flexibility index (Phi) is 5.98. The number of pyridine rings is 1. The van der Waals surface area contributed by atoms with Crippen molar-refractivity contribution in [3.8, 4) is 6.07 Å². The molecule has 1 aromatic heterocycles. The summed E-state index contributed by atoms with van der Waals surface area (Å²) >= 11 is 0. The Morgan fingerprint density at radius 2 is 1.97 bits per heavy atom. The maximum atomic E-state index is 12.9. The van der Waals surface area contributed by atoms with Crippen molar-refractivity contribution in [2.45, 2.75) is 17.7 Å². The van der Waals surface area contributed by atoms with Gasteiger partial charge in [0.25, 0.3) is 0 Å². The molecule has 3 rings (SSSR count). The molecule has 9 heteroatoms. The van der Waals surface area contributed by atoms with Gasteiger partial charge in [-0.2, -0.15) is 9.57 Å². The van der Waals surface area contributed by atoms with Crippen LogP contribution in [0.25, 0.3) is 0 Å². The molecule has 152 valence electrons. The number of hydrogen-bond acceptors (Lipinski definition) is 6. The zero-order chi connectivity index (χ0) is 21.2. The highest BCUT2D eigenvalue weighted by Crippen LogP contribution is 2.37. The molecule has 8 nitrogen and oxygen atoms in total. The summed E-state index contributed by atoms with van der Waals surface area (Å²) in [6.45, 7) is 3.14. The minimum Gasteiger partial charge on any atom is -0.325 e. The summed E-state index contributed by atoms with van der Waals surface area (Å²) in [5.74, 6) is -0.926. The molecule has 2 heterocycles. The third-order valence-electron chi connectivity index (χ3n) is 4.85. The zero-order valence-corrected chi connectivity index (χ0v) is 17.4. The van der Waals surface area contributed by atoms with Gasteiger partial charge >= 0.3 is 0 Å². The molecule has 0 saturated heterocycles. The van der Waals surface area contributed by atoms with Crippen molar-refractivity contribution in [1.29, 1.82) is 5.26 Å². The SMILES string of the molecule is CCN(CCN(C)C)S(=O)(=O)c1ccc(C2C(=O)Nc3ccc(C#N)cc32)nc1. The molecule has 29 heavy (non-hydrogen) atoms. The van der Waals surface area contributed by atoms with Gasteiger partial charge in [-0.25, -0.2) is 8.42 Å². The van der Waals surface area contributed by atoms with E-state index in [0.717, 1.165) is 0 Å². The molecule has 0 bridgehead atoms. The minimum absolute atomic E-state index is 0.0891.